The van der Waals surface area contributed by atoms with E-state index in [1.54, 1.807) is 43.5 Å². The molecular weight excluding hydrogens is 466 g/mol. The number of ether oxygens (including phenoxy) is 2. The Hall–Kier alpha value is -2.17. The molecule has 3 aromatic carbocycles. The van der Waals surface area contributed by atoms with Crippen molar-refractivity contribution in [1.29, 1.82) is 0 Å². The first kappa shape index (κ1) is 22.5. The smallest absolute Gasteiger partial charge is 0.187 e. The van der Waals surface area contributed by atoms with Gasteiger partial charge < -0.3 is 9.47 Å². The fourth-order valence-corrected chi connectivity index (χ4v) is 3.53. The molecule has 0 aromatic heterocycles. The molecule has 30 heavy (non-hydrogen) atoms. The molecule has 0 radical (unpaired) electrons. The van der Waals surface area contributed by atoms with Crippen LogP contribution in [0.2, 0.25) is 20.1 Å². The molecule has 0 aliphatic heterocycles. The highest BCUT2D eigenvalue weighted by atomic mass is 35.5. The summed E-state index contributed by atoms with van der Waals surface area (Å²) in [7, 11) is 1.55. The Morgan fingerprint density at radius 2 is 1.73 bits per heavy atom. The molecule has 3 nitrogen and oxygen atoms in total. The molecule has 3 rings (SSSR count). The first-order chi connectivity index (χ1) is 14.4. The third-order valence-corrected chi connectivity index (χ3v) is 5.49. The second kappa shape index (κ2) is 10.2. The molecule has 0 amide bonds. The maximum Gasteiger partial charge on any atom is 0.187 e. The van der Waals surface area contributed by atoms with E-state index in [9.17, 15) is 4.79 Å². The van der Waals surface area contributed by atoms with Gasteiger partial charge in [0, 0.05) is 16.1 Å². The summed E-state index contributed by atoms with van der Waals surface area (Å²) < 4.78 is 11.4. The zero-order chi connectivity index (χ0) is 21.7. The maximum atomic E-state index is 12.6. The Bertz CT molecular complexity index is 1110. The SMILES string of the molecule is COc1cccc(/C=C/C(=O)c2ccc(Cl)cc2Cl)c1OCc1ccc(Cl)c(Cl)c1. The first-order valence-corrected chi connectivity index (χ1v) is 10.3. The summed E-state index contributed by atoms with van der Waals surface area (Å²) in [5.74, 6) is 0.779. The second-order valence-corrected chi connectivity index (χ2v) is 7.90. The van der Waals surface area contributed by atoms with Gasteiger partial charge in [-0.1, -0.05) is 64.6 Å². The van der Waals surface area contributed by atoms with Gasteiger partial charge in [0.1, 0.15) is 6.61 Å². The highest BCUT2D eigenvalue weighted by Crippen LogP contribution is 2.33. The van der Waals surface area contributed by atoms with Crippen molar-refractivity contribution >= 4 is 58.3 Å². The van der Waals surface area contributed by atoms with Crippen molar-refractivity contribution in [3.8, 4) is 11.5 Å². The van der Waals surface area contributed by atoms with Crippen molar-refractivity contribution in [3.63, 3.8) is 0 Å². The molecule has 0 atom stereocenters. The van der Waals surface area contributed by atoms with Gasteiger partial charge in [-0.05, 0) is 54.1 Å². The lowest BCUT2D eigenvalue weighted by atomic mass is 10.1. The van der Waals surface area contributed by atoms with E-state index in [0.29, 0.717) is 42.7 Å². The predicted molar refractivity (Wildman–Crippen MR) is 124 cm³/mol. The fourth-order valence-electron chi connectivity index (χ4n) is 2.71. The number of carbonyl (C=O) groups excluding carboxylic acids is 1. The van der Waals surface area contributed by atoms with Gasteiger partial charge in [-0.3, -0.25) is 4.79 Å². The van der Waals surface area contributed by atoms with Crippen LogP contribution < -0.4 is 9.47 Å². The van der Waals surface area contributed by atoms with E-state index in [0.717, 1.165) is 5.56 Å². The third kappa shape index (κ3) is 5.50. The van der Waals surface area contributed by atoms with Crippen molar-refractivity contribution < 1.29 is 14.3 Å². The second-order valence-electron chi connectivity index (χ2n) is 6.24. The average molecular weight is 482 g/mol. The largest absolute Gasteiger partial charge is 0.493 e. The van der Waals surface area contributed by atoms with E-state index in [2.05, 4.69) is 0 Å². The molecule has 0 heterocycles. The minimum Gasteiger partial charge on any atom is -0.493 e. The summed E-state index contributed by atoms with van der Waals surface area (Å²) in [6.07, 6.45) is 3.08. The molecule has 154 valence electrons. The van der Waals surface area contributed by atoms with Crippen molar-refractivity contribution in [2.45, 2.75) is 6.61 Å². The summed E-state index contributed by atoms with van der Waals surface area (Å²) in [5, 5.41) is 1.68. The van der Waals surface area contributed by atoms with Crippen LogP contribution in [0.15, 0.2) is 60.7 Å². The van der Waals surface area contributed by atoms with Crippen molar-refractivity contribution in [2.75, 3.05) is 7.11 Å². The van der Waals surface area contributed by atoms with E-state index < -0.39 is 0 Å². The van der Waals surface area contributed by atoms with Gasteiger partial charge in [0.05, 0.1) is 22.2 Å². The Kier molecular flexibility index (Phi) is 7.68. The molecule has 0 saturated carbocycles. The van der Waals surface area contributed by atoms with Crippen LogP contribution in [0.3, 0.4) is 0 Å². The lowest BCUT2D eigenvalue weighted by molar-refractivity contribution is 0.104. The monoisotopic (exact) mass is 480 g/mol. The van der Waals surface area contributed by atoms with Crippen LogP contribution in [0, 0.1) is 0 Å². The molecule has 0 N–H and O–H groups in total. The number of benzene rings is 3. The molecule has 3 aromatic rings. The average Bonchev–Trinajstić information content (AvgIpc) is 2.73. The fraction of sp³-hybridized carbons (Fsp3) is 0.0870. The molecule has 0 aliphatic rings. The Labute approximate surface area is 194 Å². The summed E-state index contributed by atoms with van der Waals surface area (Å²) in [5.41, 5.74) is 1.88. The molecule has 0 unspecified atom stereocenters. The van der Waals surface area contributed by atoms with E-state index in [1.807, 2.05) is 18.2 Å². The number of rotatable bonds is 7. The molecule has 0 bridgehead atoms. The van der Waals surface area contributed by atoms with Gasteiger partial charge in [0.2, 0.25) is 0 Å². The molecule has 0 aliphatic carbocycles. The number of methoxy groups -OCH3 is 1. The highest BCUT2D eigenvalue weighted by Gasteiger charge is 2.12. The van der Waals surface area contributed by atoms with Gasteiger partial charge in [-0.2, -0.15) is 0 Å². The van der Waals surface area contributed by atoms with Crippen LogP contribution in [0.4, 0.5) is 0 Å². The number of allylic oxidation sites excluding steroid dienone is 1. The summed E-state index contributed by atoms with van der Waals surface area (Å²) >= 11 is 24.0. The van der Waals surface area contributed by atoms with Crippen LogP contribution in [-0.2, 0) is 6.61 Å². The zero-order valence-electron chi connectivity index (χ0n) is 15.8. The van der Waals surface area contributed by atoms with Crippen molar-refractivity contribution in [3.05, 3.63) is 97.5 Å². The lowest BCUT2D eigenvalue weighted by Crippen LogP contribution is -2.00. The van der Waals surface area contributed by atoms with Gasteiger partial charge in [-0.25, -0.2) is 0 Å². The maximum absolute atomic E-state index is 12.6. The number of ketones is 1. The normalized spacial score (nSPS) is 11.0. The van der Waals surface area contributed by atoms with Crippen LogP contribution >= 0.6 is 46.4 Å². The highest BCUT2D eigenvalue weighted by molar-refractivity contribution is 6.42. The van der Waals surface area contributed by atoms with Crippen LogP contribution in [0.1, 0.15) is 21.5 Å². The van der Waals surface area contributed by atoms with Crippen molar-refractivity contribution in [2.24, 2.45) is 0 Å². The van der Waals surface area contributed by atoms with Crippen LogP contribution in [0.25, 0.3) is 6.08 Å². The van der Waals surface area contributed by atoms with E-state index in [1.165, 1.54) is 12.1 Å². The molecule has 0 spiro atoms. The number of carbonyl (C=O) groups is 1. The van der Waals surface area contributed by atoms with E-state index in [4.69, 9.17) is 55.9 Å². The molecular formula is C23H16Cl4O3. The summed E-state index contributed by atoms with van der Waals surface area (Å²) in [6, 6.07) is 15.4. The minimum atomic E-state index is -0.255. The number of hydrogen-bond acceptors (Lipinski definition) is 3. The molecule has 0 fully saturated rings. The van der Waals surface area contributed by atoms with Crippen LogP contribution in [0.5, 0.6) is 11.5 Å². The third-order valence-electron chi connectivity index (χ3n) is 4.21. The molecule has 0 saturated heterocycles. The van der Waals surface area contributed by atoms with Crippen LogP contribution in [-0.4, -0.2) is 12.9 Å². The summed E-state index contributed by atoms with van der Waals surface area (Å²) in [6.45, 7) is 0.245. The zero-order valence-corrected chi connectivity index (χ0v) is 18.8. The van der Waals surface area contributed by atoms with Gasteiger partial charge >= 0.3 is 0 Å². The van der Waals surface area contributed by atoms with Gasteiger partial charge in [-0.15, -0.1) is 0 Å². The summed E-state index contributed by atoms with van der Waals surface area (Å²) in [4.78, 5) is 12.6. The molecule has 7 heteroatoms. The van der Waals surface area contributed by atoms with E-state index >= 15 is 0 Å². The Morgan fingerprint density at radius 3 is 2.43 bits per heavy atom. The predicted octanol–water partition coefficient (Wildman–Crippen LogP) is 7.78. The van der Waals surface area contributed by atoms with Gasteiger partial charge in [0.25, 0.3) is 0 Å². The van der Waals surface area contributed by atoms with Gasteiger partial charge in [0.15, 0.2) is 17.3 Å². The van der Waals surface area contributed by atoms with Crippen molar-refractivity contribution in [1.82, 2.24) is 0 Å². The number of halogens is 4. The lowest BCUT2D eigenvalue weighted by Gasteiger charge is -2.14. The first-order valence-electron chi connectivity index (χ1n) is 8.80. The standard InChI is InChI=1S/C23H16Cl4O3/c1-29-22-4-2-3-15(6-10-21(28)17-8-7-16(24)12-19(17)26)23(22)30-13-14-5-9-18(25)20(27)11-14/h2-12H,13H2,1H3/b10-6+. The number of hydrogen-bond donors (Lipinski definition) is 0. The minimum absolute atomic E-state index is 0.245. The van der Waals surface area contributed by atoms with E-state index in [-0.39, 0.29) is 12.4 Å². The topological polar surface area (TPSA) is 35.5 Å². The quantitative estimate of drug-likeness (QED) is 0.255. The Balaban J connectivity index is 1.85. The number of para-hydroxylation sites is 1. The Morgan fingerprint density at radius 1 is 0.933 bits per heavy atom.